The van der Waals surface area contributed by atoms with Gasteiger partial charge in [0.05, 0.1) is 5.36 Å². The zero-order valence-electron chi connectivity index (χ0n) is 8.50. The largest absolute Gasteiger partial charge is 0.274 e. The molecule has 1 heterocycles. The summed E-state index contributed by atoms with van der Waals surface area (Å²) < 4.78 is 0. The fraction of sp³-hybridized carbons (Fsp3) is 0.333. The molecular weight excluding hydrogens is 174 g/mol. The van der Waals surface area contributed by atoms with E-state index in [1.807, 2.05) is 19.1 Å². The average Bonchev–Trinajstić information content (AvgIpc) is 2.52. The van der Waals surface area contributed by atoms with E-state index in [9.17, 15) is 4.79 Å². The van der Waals surface area contributed by atoms with Gasteiger partial charge < -0.3 is 0 Å². The molecule has 0 radical (unpaired) electrons. The lowest BCUT2D eigenvalue weighted by atomic mass is 10.0. The smallest absolute Gasteiger partial charge is 0.267 e. The van der Waals surface area contributed by atoms with Gasteiger partial charge in [-0.05, 0) is 24.5 Å². The van der Waals surface area contributed by atoms with E-state index in [1.165, 1.54) is 5.56 Å². The average molecular weight is 187 g/mol. The van der Waals surface area contributed by atoms with Gasteiger partial charge in [-0.15, -0.1) is 0 Å². The molecule has 0 aliphatic carbocycles. The Bertz CT molecular complexity index is 500. The van der Waals surface area contributed by atoms with Gasteiger partial charge in [-0.1, -0.05) is 26.0 Å². The van der Waals surface area contributed by atoms with Crippen molar-refractivity contribution in [3.05, 3.63) is 34.3 Å². The predicted octanol–water partition coefficient (Wildman–Crippen LogP) is 0.970. The molecule has 0 saturated carbocycles. The minimum atomic E-state index is -0.0524. The normalized spacial score (nSPS) is 14.1. The minimum absolute atomic E-state index is 0.0524. The molecule has 1 aliphatic heterocycles. The van der Waals surface area contributed by atoms with Gasteiger partial charge in [0.2, 0.25) is 0 Å². The molecule has 0 N–H and O–H groups in total. The van der Waals surface area contributed by atoms with Crippen molar-refractivity contribution in [2.24, 2.45) is 4.99 Å². The fourth-order valence-corrected chi connectivity index (χ4v) is 1.93. The highest BCUT2D eigenvalue weighted by Gasteiger charge is 2.15. The van der Waals surface area contributed by atoms with E-state index in [0.717, 1.165) is 29.0 Å². The summed E-state index contributed by atoms with van der Waals surface area (Å²) in [5.41, 5.74) is 2.10. The number of rotatable bonds is 2. The van der Waals surface area contributed by atoms with E-state index >= 15 is 0 Å². The predicted molar refractivity (Wildman–Crippen MR) is 55.3 cm³/mol. The van der Waals surface area contributed by atoms with Crippen molar-refractivity contribution < 1.29 is 4.79 Å². The molecule has 2 nitrogen and oxygen atoms in total. The molecule has 2 rings (SSSR count). The van der Waals surface area contributed by atoms with Gasteiger partial charge in [0.15, 0.2) is 0 Å². The molecule has 1 aromatic rings. The van der Waals surface area contributed by atoms with Crippen LogP contribution in [0.3, 0.4) is 0 Å². The molecule has 0 aromatic heterocycles. The quantitative estimate of drug-likeness (QED) is 0.678. The third-order valence-electron chi connectivity index (χ3n) is 2.65. The zero-order chi connectivity index (χ0) is 10.1. The molecule has 0 bridgehead atoms. The maximum atomic E-state index is 11.5. The zero-order valence-corrected chi connectivity index (χ0v) is 8.50. The Hall–Kier alpha value is -1.44. The van der Waals surface area contributed by atoms with E-state index in [2.05, 4.69) is 18.0 Å². The molecule has 72 valence electrons. The second-order valence-corrected chi connectivity index (χ2v) is 3.41. The van der Waals surface area contributed by atoms with Crippen molar-refractivity contribution in [1.82, 2.24) is 0 Å². The number of benzene rings is 1. The molecule has 1 amide bonds. The minimum Gasteiger partial charge on any atom is -0.267 e. The maximum Gasteiger partial charge on any atom is 0.274 e. The van der Waals surface area contributed by atoms with Gasteiger partial charge in [-0.2, -0.15) is 0 Å². The van der Waals surface area contributed by atoms with Crippen LogP contribution >= 0.6 is 0 Å². The van der Waals surface area contributed by atoms with Crippen LogP contribution in [0.1, 0.15) is 25.8 Å². The van der Waals surface area contributed by atoms with Gasteiger partial charge >= 0.3 is 0 Å². The standard InChI is InChI=1S/C12H13NO/c1-3-8-6-5-7-10-11(8)9(4-2)12(14)13-10/h5-7H,3-4H2,1-2H3. The fourth-order valence-electron chi connectivity index (χ4n) is 1.93. The van der Waals surface area contributed by atoms with Crippen molar-refractivity contribution in [1.29, 1.82) is 0 Å². The lowest BCUT2D eigenvalue weighted by Crippen LogP contribution is -2.27. The molecule has 2 heteroatoms. The van der Waals surface area contributed by atoms with E-state index < -0.39 is 0 Å². The van der Waals surface area contributed by atoms with Crippen molar-refractivity contribution in [3.63, 3.8) is 0 Å². The van der Waals surface area contributed by atoms with Gasteiger partial charge in [-0.25, -0.2) is 4.99 Å². The van der Waals surface area contributed by atoms with Gasteiger partial charge in [0.25, 0.3) is 5.91 Å². The number of hydrogen-bond acceptors (Lipinski definition) is 1. The lowest BCUT2D eigenvalue weighted by molar-refractivity contribution is -0.112. The second kappa shape index (κ2) is 3.37. The highest BCUT2D eigenvalue weighted by Crippen LogP contribution is 2.06. The SMILES string of the molecule is CCC1=c2c(CC)cccc2=NC1=O. The van der Waals surface area contributed by atoms with Gasteiger partial charge in [0.1, 0.15) is 0 Å². The van der Waals surface area contributed by atoms with E-state index in [0.29, 0.717) is 0 Å². The number of fused-ring (bicyclic) bond motifs is 1. The maximum absolute atomic E-state index is 11.5. The molecule has 0 fully saturated rings. The van der Waals surface area contributed by atoms with Crippen molar-refractivity contribution >= 4 is 11.5 Å². The number of nitrogens with zero attached hydrogens (tertiary/aromatic N) is 1. The summed E-state index contributed by atoms with van der Waals surface area (Å²) in [6, 6.07) is 5.95. The number of aryl methyl sites for hydroxylation is 1. The summed E-state index contributed by atoms with van der Waals surface area (Å²) in [7, 11) is 0. The summed E-state index contributed by atoms with van der Waals surface area (Å²) in [4.78, 5) is 15.6. The van der Waals surface area contributed by atoms with E-state index in [-0.39, 0.29) is 5.91 Å². The molecule has 1 aromatic carbocycles. The number of amides is 1. The van der Waals surface area contributed by atoms with E-state index in [4.69, 9.17) is 0 Å². The Morgan fingerprint density at radius 3 is 2.64 bits per heavy atom. The van der Waals surface area contributed by atoms with Gasteiger partial charge in [-0.3, -0.25) is 4.79 Å². The topological polar surface area (TPSA) is 29.4 Å². The van der Waals surface area contributed by atoms with Crippen LogP contribution in [0.25, 0.3) is 5.57 Å². The molecule has 1 aliphatic rings. The van der Waals surface area contributed by atoms with Crippen molar-refractivity contribution in [2.75, 3.05) is 0 Å². The summed E-state index contributed by atoms with van der Waals surface area (Å²) in [5, 5.41) is 1.94. The van der Waals surface area contributed by atoms with Crippen LogP contribution in [0.5, 0.6) is 0 Å². The first-order valence-corrected chi connectivity index (χ1v) is 5.02. The molecule has 14 heavy (non-hydrogen) atoms. The monoisotopic (exact) mass is 187 g/mol. The molecule has 0 unspecified atom stereocenters. The van der Waals surface area contributed by atoms with Crippen LogP contribution < -0.4 is 10.6 Å². The number of hydrogen-bond donors (Lipinski definition) is 0. The van der Waals surface area contributed by atoms with Gasteiger partial charge in [0, 0.05) is 10.8 Å². The highest BCUT2D eigenvalue weighted by molar-refractivity contribution is 6.15. The number of carbonyl (C=O) groups excluding carboxylic acids is 1. The van der Waals surface area contributed by atoms with Crippen molar-refractivity contribution in [2.45, 2.75) is 26.7 Å². The summed E-state index contributed by atoms with van der Waals surface area (Å²) in [5.74, 6) is -0.0524. The Morgan fingerprint density at radius 2 is 2.00 bits per heavy atom. The summed E-state index contributed by atoms with van der Waals surface area (Å²) in [6.07, 6.45) is 1.72. The first kappa shape index (κ1) is 9.13. The second-order valence-electron chi connectivity index (χ2n) is 3.41. The van der Waals surface area contributed by atoms with Crippen LogP contribution in [-0.4, -0.2) is 5.91 Å². The third kappa shape index (κ3) is 1.18. The van der Waals surface area contributed by atoms with Crippen LogP contribution in [0, 0.1) is 0 Å². The lowest BCUT2D eigenvalue weighted by Gasteiger charge is -1.98. The molecule has 0 spiro atoms. The highest BCUT2D eigenvalue weighted by atomic mass is 16.1. The van der Waals surface area contributed by atoms with Crippen LogP contribution in [0.2, 0.25) is 0 Å². The first-order valence-electron chi connectivity index (χ1n) is 5.02. The number of carbonyl (C=O) groups is 1. The molecular formula is C12H13NO. The Kier molecular flexibility index (Phi) is 2.20. The summed E-state index contributed by atoms with van der Waals surface area (Å²) >= 11 is 0. The molecule has 0 saturated heterocycles. The van der Waals surface area contributed by atoms with Crippen molar-refractivity contribution in [3.8, 4) is 0 Å². The third-order valence-corrected chi connectivity index (χ3v) is 2.65. The van der Waals surface area contributed by atoms with Crippen LogP contribution in [0.4, 0.5) is 0 Å². The Morgan fingerprint density at radius 1 is 1.21 bits per heavy atom. The van der Waals surface area contributed by atoms with Crippen LogP contribution in [0.15, 0.2) is 23.2 Å². The first-order chi connectivity index (χ1) is 6.77. The molecule has 0 atom stereocenters. The van der Waals surface area contributed by atoms with E-state index in [1.54, 1.807) is 0 Å². The Balaban J connectivity index is 2.88. The Labute approximate surface area is 83.0 Å². The summed E-state index contributed by atoms with van der Waals surface area (Å²) in [6.45, 7) is 4.11. The van der Waals surface area contributed by atoms with Crippen LogP contribution in [-0.2, 0) is 11.2 Å².